The summed E-state index contributed by atoms with van der Waals surface area (Å²) in [7, 11) is 1.94. The van der Waals surface area contributed by atoms with Crippen molar-refractivity contribution in [3.8, 4) is 0 Å². The van der Waals surface area contributed by atoms with Gasteiger partial charge in [-0.15, -0.1) is 0 Å². The van der Waals surface area contributed by atoms with Crippen LogP contribution in [0, 0.1) is 5.92 Å². The van der Waals surface area contributed by atoms with Crippen LogP contribution < -0.4 is 5.32 Å². The highest BCUT2D eigenvalue weighted by molar-refractivity contribution is 4.99. The van der Waals surface area contributed by atoms with Crippen molar-refractivity contribution in [2.45, 2.75) is 44.8 Å². The summed E-state index contributed by atoms with van der Waals surface area (Å²) in [6.07, 6.45) is 6.05. The molecular formula is C13H23N3O. The molecule has 2 N–H and O–H groups in total. The molecule has 0 radical (unpaired) electrons. The third kappa shape index (κ3) is 3.30. The lowest BCUT2D eigenvalue weighted by molar-refractivity contribution is -0.0120. The largest absolute Gasteiger partial charge is 0.389 e. The second kappa shape index (κ2) is 5.19. The zero-order chi connectivity index (χ0) is 12.3. The minimum Gasteiger partial charge on any atom is -0.389 e. The van der Waals surface area contributed by atoms with Crippen LogP contribution in [0.1, 0.15) is 38.3 Å². The first kappa shape index (κ1) is 12.6. The van der Waals surface area contributed by atoms with E-state index in [-0.39, 0.29) is 0 Å². The van der Waals surface area contributed by atoms with Gasteiger partial charge in [0.15, 0.2) is 0 Å². The predicted molar refractivity (Wildman–Crippen MR) is 67.5 cm³/mol. The van der Waals surface area contributed by atoms with Gasteiger partial charge in [-0.3, -0.25) is 4.68 Å². The predicted octanol–water partition coefficient (Wildman–Crippen LogP) is 1.45. The summed E-state index contributed by atoms with van der Waals surface area (Å²) in [6, 6.07) is 2.00. The lowest BCUT2D eigenvalue weighted by Gasteiger charge is -2.35. The van der Waals surface area contributed by atoms with Crippen molar-refractivity contribution in [1.82, 2.24) is 15.1 Å². The van der Waals surface area contributed by atoms with E-state index in [9.17, 15) is 5.11 Å². The van der Waals surface area contributed by atoms with E-state index >= 15 is 0 Å². The van der Waals surface area contributed by atoms with Gasteiger partial charge in [0, 0.05) is 26.3 Å². The van der Waals surface area contributed by atoms with Crippen molar-refractivity contribution < 1.29 is 5.11 Å². The third-order valence-corrected chi connectivity index (χ3v) is 3.75. The molecule has 4 heteroatoms. The molecular weight excluding hydrogens is 214 g/mol. The first-order valence-corrected chi connectivity index (χ1v) is 6.49. The summed E-state index contributed by atoms with van der Waals surface area (Å²) in [4.78, 5) is 0. The Labute approximate surface area is 103 Å². The van der Waals surface area contributed by atoms with Gasteiger partial charge >= 0.3 is 0 Å². The number of aryl methyl sites for hydroxylation is 1. The van der Waals surface area contributed by atoms with Crippen molar-refractivity contribution >= 4 is 0 Å². The molecule has 1 aromatic heterocycles. The van der Waals surface area contributed by atoms with Crippen molar-refractivity contribution in [2.75, 3.05) is 6.54 Å². The fourth-order valence-electron chi connectivity index (χ4n) is 2.79. The average Bonchev–Trinajstić information content (AvgIpc) is 2.64. The molecule has 0 bridgehead atoms. The first-order valence-electron chi connectivity index (χ1n) is 6.49. The van der Waals surface area contributed by atoms with E-state index in [4.69, 9.17) is 0 Å². The lowest BCUT2D eigenvalue weighted by Crippen LogP contribution is -2.43. The Morgan fingerprint density at radius 1 is 1.65 bits per heavy atom. The Hall–Kier alpha value is -0.870. The first-order chi connectivity index (χ1) is 8.09. The molecule has 0 aromatic carbocycles. The maximum Gasteiger partial charge on any atom is 0.0774 e. The normalized spacial score (nSPS) is 29.5. The van der Waals surface area contributed by atoms with E-state index < -0.39 is 5.60 Å². The molecule has 96 valence electrons. The monoisotopic (exact) mass is 237 g/mol. The molecule has 1 heterocycles. The Balaban J connectivity index is 1.79. The van der Waals surface area contributed by atoms with Gasteiger partial charge in [-0.05, 0) is 24.8 Å². The quantitative estimate of drug-likeness (QED) is 0.833. The molecule has 0 spiro atoms. The number of rotatable bonds is 4. The fourth-order valence-corrected chi connectivity index (χ4v) is 2.79. The molecule has 2 unspecified atom stereocenters. The number of aliphatic hydroxyl groups is 1. The van der Waals surface area contributed by atoms with Gasteiger partial charge in [-0.1, -0.05) is 19.8 Å². The number of aromatic nitrogens is 2. The Morgan fingerprint density at radius 2 is 2.47 bits per heavy atom. The highest BCUT2D eigenvalue weighted by atomic mass is 16.3. The minimum absolute atomic E-state index is 0.504. The van der Waals surface area contributed by atoms with Crippen LogP contribution in [-0.2, 0) is 13.6 Å². The molecule has 17 heavy (non-hydrogen) atoms. The number of hydrogen-bond acceptors (Lipinski definition) is 3. The van der Waals surface area contributed by atoms with Crippen molar-refractivity contribution in [2.24, 2.45) is 13.0 Å². The van der Waals surface area contributed by atoms with E-state index in [1.165, 1.54) is 6.42 Å². The highest BCUT2D eigenvalue weighted by Gasteiger charge is 2.31. The summed E-state index contributed by atoms with van der Waals surface area (Å²) < 4.78 is 1.86. The van der Waals surface area contributed by atoms with Crippen LogP contribution in [0.2, 0.25) is 0 Å². The summed E-state index contributed by atoms with van der Waals surface area (Å²) in [6.45, 7) is 3.68. The molecule has 0 aliphatic heterocycles. The molecule has 1 fully saturated rings. The van der Waals surface area contributed by atoms with E-state index in [1.807, 2.05) is 17.8 Å². The zero-order valence-electron chi connectivity index (χ0n) is 10.8. The summed E-state index contributed by atoms with van der Waals surface area (Å²) in [5.74, 6) is 0.646. The summed E-state index contributed by atoms with van der Waals surface area (Å²) >= 11 is 0. The average molecular weight is 237 g/mol. The van der Waals surface area contributed by atoms with Gasteiger partial charge in [-0.25, -0.2) is 0 Å². The van der Waals surface area contributed by atoms with Crippen LogP contribution >= 0.6 is 0 Å². The van der Waals surface area contributed by atoms with E-state index in [1.54, 1.807) is 6.20 Å². The molecule has 0 amide bonds. The van der Waals surface area contributed by atoms with Crippen LogP contribution in [0.25, 0.3) is 0 Å². The van der Waals surface area contributed by atoms with Crippen molar-refractivity contribution in [3.63, 3.8) is 0 Å². The number of nitrogens with zero attached hydrogens (tertiary/aromatic N) is 2. The van der Waals surface area contributed by atoms with Crippen LogP contribution in [0.5, 0.6) is 0 Å². The highest BCUT2D eigenvalue weighted by Crippen LogP contribution is 2.31. The molecule has 0 saturated heterocycles. The van der Waals surface area contributed by atoms with Crippen LogP contribution in [0.3, 0.4) is 0 Å². The summed E-state index contributed by atoms with van der Waals surface area (Å²) in [5.41, 5.74) is 0.647. The van der Waals surface area contributed by atoms with Crippen molar-refractivity contribution in [1.29, 1.82) is 0 Å². The molecule has 1 saturated carbocycles. The summed E-state index contributed by atoms with van der Waals surface area (Å²) in [5, 5.41) is 17.9. The Bertz CT molecular complexity index is 363. The van der Waals surface area contributed by atoms with Gasteiger partial charge < -0.3 is 10.4 Å². The second-order valence-electron chi connectivity index (χ2n) is 5.48. The molecule has 4 nitrogen and oxygen atoms in total. The van der Waals surface area contributed by atoms with E-state index in [0.29, 0.717) is 12.5 Å². The maximum atomic E-state index is 10.5. The van der Waals surface area contributed by atoms with Crippen LogP contribution in [0.15, 0.2) is 12.3 Å². The van der Waals surface area contributed by atoms with E-state index in [2.05, 4.69) is 17.3 Å². The topological polar surface area (TPSA) is 50.1 Å². The standard InChI is InChI=1S/C13H23N3O/c1-11-4-3-6-13(17,8-11)10-14-9-12-5-7-15-16(12)2/h5,7,11,14,17H,3-4,6,8-10H2,1-2H3. The molecule has 1 aliphatic rings. The van der Waals surface area contributed by atoms with Gasteiger partial charge in [0.1, 0.15) is 0 Å². The molecule has 1 aliphatic carbocycles. The molecule has 1 aromatic rings. The second-order valence-corrected chi connectivity index (χ2v) is 5.48. The van der Waals surface area contributed by atoms with E-state index in [0.717, 1.165) is 31.5 Å². The minimum atomic E-state index is -0.504. The van der Waals surface area contributed by atoms with Crippen molar-refractivity contribution in [3.05, 3.63) is 18.0 Å². The van der Waals surface area contributed by atoms with Gasteiger partial charge in [0.2, 0.25) is 0 Å². The SMILES string of the molecule is CC1CCCC(O)(CNCc2ccnn2C)C1. The van der Waals surface area contributed by atoms with Gasteiger partial charge in [0.05, 0.1) is 11.3 Å². The number of hydrogen-bond donors (Lipinski definition) is 2. The Morgan fingerprint density at radius 3 is 3.12 bits per heavy atom. The molecule has 2 atom stereocenters. The van der Waals surface area contributed by atoms with Crippen LogP contribution in [0.4, 0.5) is 0 Å². The molecule has 2 rings (SSSR count). The Kier molecular flexibility index (Phi) is 3.84. The van der Waals surface area contributed by atoms with Gasteiger partial charge in [0.25, 0.3) is 0 Å². The van der Waals surface area contributed by atoms with Gasteiger partial charge in [-0.2, -0.15) is 5.10 Å². The zero-order valence-corrected chi connectivity index (χ0v) is 10.8. The number of nitrogens with one attached hydrogen (secondary N) is 1. The third-order valence-electron chi connectivity index (χ3n) is 3.75. The lowest BCUT2D eigenvalue weighted by atomic mass is 9.79. The van der Waals surface area contributed by atoms with Crippen LogP contribution in [-0.4, -0.2) is 27.0 Å². The fraction of sp³-hybridized carbons (Fsp3) is 0.769. The smallest absolute Gasteiger partial charge is 0.0774 e. The maximum absolute atomic E-state index is 10.5.